The summed E-state index contributed by atoms with van der Waals surface area (Å²) >= 11 is 0. The largest absolute Gasteiger partial charge is 0.493 e. The maximum atomic E-state index is 12.2. The van der Waals surface area contributed by atoms with Crippen LogP contribution in [0.5, 0.6) is 5.75 Å². The Morgan fingerprint density at radius 1 is 1.41 bits per heavy atom. The molecule has 2 heterocycles. The van der Waals surface area contributed by atoms with Crippen LogP contribution in [0.3, 0.4) is 0 Å². The lowest BCUT2D eigenvalue weighted by Gasteiger charge is -2.33. The van der Waals surface area contributed by atoms with E-state index in [0.29, 0.717) is 6.04 Å². The molecule has 120 valence electrons. The van der Waals surface area contributed by atoms with E-state index in [4.69, 9.17) is 4.74 Å². The summed E-state index contributed by atoms with van der Waals surface area (Å²) in [4.78, 5) is 14.7. The fraction of sp³-hybridized carbons (Fsp3) is 0.611. The third-order valence-electron chi connectivity index (χ3n) is 4.80. The molecule has 2 aliphatic rings. The Balaban J connectivity index is 1.42. The second-order valence-corrected chi connectivity index (χ2v) is 6.41. The zero-order valence-electron chi connectivity index (χ0n) is 13.4. The standard InChI is InChI=1S/C18H26N2O2/c1-14-5-2-3-10-20(14)11-4-9-19-18(21)16-6-7-17-15(13-16)8-12-22-17/h6-7,13-14H,2-5,8-12H2,1H3,(H,19,21). The number of amides is 1. The molecule has 22 heavy (non-hydrogen) atoms. The van der Waals surface area contributed by atoms with E-state index in [1.54, 1.807) is 0 Å². The fourth-order valence-corrected chi connectivity index (χ4v) is 3.40. The summed E-state index contributed by atoms with van der Waals surface area (Å²) in [5, 5.41) is 3.04. The van der Waals surface area contributed by atoms with E-state index in [1.165, 1.54) is 25.8 Å². The van der Waals surface area contributed by atoms with E-state index in [0.717, 1.165) is 49.4 Å². The molecule has 0 aromatic heterocycles. The van der Waals surface area contributed by atoms with Gasteiger partial charge in [0.15, 0.2) is 0 Å². The molecule has 0 spiro atoms. The summed E-state index contributed by atoms with van der Waals surface area (Å²) in [6.07, 6.45) is 5.90. The van der Waals surface area contributed by atoms with Gasteiger partial charge in [-0.05, 0) is 56.5 Å². The van der Waals surface area contributed by atoms with Crippen LogP contribution in [0, 0.1) is 0 Å². The van der Waals surface area contributed by atoms with Crippen LogP contribution in [0.1, 0.15) is 48.5 Å². The number of hydrogen-bond donors (Lipinski definition) is 1. The molecule has 4 heteroatoms. The monoisotopic (exact) mass is 302 g/mol. The van der Waals surface area contributed by atoms with E-state index < -0.39 is 0 Å². The van der Waals surface area contributed by atoms with Crippen LogP contribution in [-0.4, -0.2) is 43.1 Å². The van der Waals surface area contributed by atoms with E-state index in [1.807, 2.05) is 18.2 Å². The molecule has 1 aromatic carbocycles. The number of carbonyl (C=O) groups excluding carboxylic acids is 1. The minimum atomic E-state index is 0.0291. The van der Waals surface area contributed by atoms with Crippen molar-refractivity contribution in [3.63, 3.8) is 0 Å². The molecule has 1 amide bonds. The molecule has 2 aliphatic heterocycles. The van der Waals surface area contributed by atoms with Crippen LogP contribution in [0.25, 0.3) is 0 Å². The number of hydrogen-bond acceptors (Lipinski definition) is 3. The number of likely N-dealkylation sites (tertiary alicyclic amines) is 1. The van der Waals surface area contributed by atoms with Crippen molar-refractivity contribution in [1.82, 2.24) is 10.2 Å². The number of carbonyl (C=O) groups is 1. The van der Waals surface area contributed by atoms with Gasteiger partial charge < -0.3 is 15.0 Å². The van der Waals surface area contributed by atoms with Crippen LogP contribution >= 0.6 is 0 Å². The van der Waals surface area contributed by atoms with E-state index >= 15 is 0 Å². The van der Waals surface area contributed by atoms with Gasteiger partial charge in [-0.3, -0.25) is 4.79 Å². The molecular weight excluding hydrogens is 276 g/mol. The van der Waals surface area contributed by atoms with Gasteiger partial charge in [0.2, 0.25) is 0 Å². The Kier molecular flexibility index (Phi) is 4.98. The zero-order chi connectivity index (χ0) is 15.4. The van der Waals surface area contributed by atoms with Crippen molar-refractivity contribution in [1.29, 1.82) is 0 Å². The Bertz CT molecular complexity index is 530. The van der Waals surface area contributed by atoms with Crippen LogP contribution in [-0.2, 0) is 6.42 Å². The Hall–Kier alpha value is -1.55. The maximum absolute atomic E-state index is 12.2. The van der Waals surface area contributed by atoms with Gasteiger partial charge in [0.05, 0.1) is 6.61 Å². The summed E-state index contributed by atoms with van der Waals surface area (Å²) in [6, 6.07) is 6.42. The lowest BCUT2D eigenvalue weighted by atomic mass is 10.0. The summed E-state index contributed by atoms with van der Waals surface area (Å²) in [6.45, 7) is 6.08. The number of rotatable bonds is 5. The van der Waals surface area contributed by atoms with Crippen molar-refractivity contribution in [2.24, 2.45) is 0 Å². The van der Waals surface area contributed by atoms with Crippen molar-refractivity contribution in [3.05, 3.63) is 29.3 Å². The second-order valence-electron chi connectivity index (χ2n) is 6.41. The molecule has 1 aromatic rings. The van der Waals surface area contributed by atoms with Gasteiger partial charge in [-0.25, -0.2) is 0 Å². The SMILES string of the molecule is CC1CCCCN1CCCNC(=O)c1ccc2c(c1)CCO2. The third kappa shape index (κ3) is 3.61. The topological polar surface area (TPSA) is 41.6 Å². The maximum Gasteiger partial charge on any atom is 0.251 e. The first-order valence-corrected chi connectivity index (χ1v) is 8.52. The van der Waals surface area contributed by atoms with Crippen molar-refractivity contribution in [2.75, 3.05) is 26.2 Å². The fourth-order valence-electron chi connectivity index (χ4n) is 3.40. The predicted molar refractivity (Wildman–Crippen MR) is 87.5 cm³/mol. The van der Waals surface area contributed by atoms with E-state index in [2.05, 4.69) is 17.1 Å². The van der Waals surface area contributed by atoms with Crippen LogP contribution < -0.4 is 10.1 Å². The molecule has 0 radical (unpaired) electrons. The quantitative estimate of drug-likeness (QED) is 0.850. The van der Waals surface area contributed by atoms with Gasteiger partial charge in [-0.2, -0.15) is 0 Å². The molecule has 1 atom stereocenters. The van der Waals surface area contributed by atoms with Crippen molar-refractivity contribution in [3.8, 4) is 5.75 Å². The molecule has 3 rings (SSSR count). The van der Waals surface area contributed by atoms with Crippen LogP contribution in [0.2, 0.25) is 0 Å². The van der Waals surface area contributed by atoms with Crippen molar-refractivity contribution >= 4 is 5.91 Å². The minimum Gasteiger partial charge on any atom is -0.493 e. The van der Waals surface area contributed by atoms with Crippen LogP contribution in [0.15, 0.2) is 18.2 Å². The van der Waals surface area contributed by atoms with Gasteiger partial charge >= 0.3 is 0 Å². The van der Waals surface area contributed by atoms with E-state index in [-0.39, 0.29) is 5.91 Å². The summed E-state index contributed by atoms with van der Waals surface area (Å²) in [5.41, 5.74) is 1.89. The van der Waals surface area contributed by atoms with Gasteiger partial charge in [0, 0.05) is 31.1 Å². The highest BCUT2D eigenvalue weighted by Crippen LogP contribution is 2.25. The molecule has 1 saturated heterocycles. The smallest absolute Gasteiger partial charge is 0.251 e. The van der Waals surface area contributed by atoms with Gasteiger partial charge in [-0.15, -0.1) is 0 Å². The lowest BCUT2D eigenvalue weighted by Crippen LogP contribution is -2.39. The number of benzene rings is 1. The Morgan fingerprint density at radius 2 is 2.32 bits per heavy atom. The first kappa shape index (κ1) is 15.3. The predicted octanol–water partition coefficient (Wildman–Crippen LogP) is 2.62. The molecule has 0 bridgehead atoms. The normalized spacial score (nSPS) is 21.2. The highest BCUT2D eigenvalue weighted by molar-refractivity contribution is 5.94. The zero-order valence-corrected chi connectivity index (χ0v) is 13.4. The molecular formula is C18H26N2O2. The number of ether oxygens (including phenoxy) is 1. The summed E-state index contributed by atoms with van der Waals surface area (Å²) in [7, 11) is 0. The van der Waals surface area contributed by atoms with E-state index in [9.17, 15) is 4.79 Å². The Labute approximate surface area is 132 Å². The van der Waals surface area contributed by atoms with Crippen LogP contribution in [0.4, 0.5) is 0 Å². The average molecular weight is 302 g/mol. The molecule has 0 saturated carbocycles. The Morgan fingerprint density at radius 3 is 3.18 bits per heavy atom. The number of nitrogens with one attached hydrogen (secondary N) is 1. The summed E-state index contributed by atoms with van der Waals surface area (Å²) < 4.78 is 5.47. The molecule has 1 unspecified atom stereocenters. The van der Waals surface area contributed by atoms with Crippen molar-refractivity contribution in [2.45, 2.75) is 45.1 Å². The first-order valence-electron chi connectivity index (χ1n) is 8.52. The molecule has 1 fully saturated rings. The number of fused-ring (bicyclic) bond motifs is 1. The van der Waals surface area contributed by atoms with Gasteiger partial charge in [-0.1, -0.05) is 6.42 Å². The molecule has 0 aliphatic carbocycles. The second kappa shape index (κ2) is 7.14. The first-order chi connectivity index (χ1) is 10.7. The number of piperidine rings is 1. The van der Waals surface area contributed by atoms with Gasteiger partial charge in [0.1, 0.15) is 5.75 Å². The molecule has 1 N–H and O–H groups in total. The molecule has 4 nitrogen and oxygen atoms in total. The summed E-state index contributed by atoms with van der Waals surface area (Å²) in [5.74, 6) is 0.956. The number of nitrogens with zero attached hydrogens (tertiary/aromatic N) is 1. The highest BCUT2D eigenvalue weighted by Gasteiger charge is 2.18. The lowest BCUT2D eigenvalue weighted by molar-refractivity contribution is 0.0949. The van der Waals surface area contributed by atoms with Gasteiger partial charge in [0.25, 0.3) is 5.91 Å². The highest BCUT2D eigenvalue weighted by atomic mass is 16.5. The van der Waals surface area contributed by atoms with Crippen molar-refractivity contribution < 1.29 is 9.53 Å². The average Bonchev–Trinajstić information content (AvgIpc) is 3.00. The third-order valence-corrected chi connectivity index (χ3v) is 4.80. The minimum absolute atomic E-state index is 0.0291.